The molecular weight excluding hydrogens is 464 g/mol. The highest BCUT2D eigenvalue weighted by molar-refractivity contribution is 7.11. The number of pyridine rings is 1. The molecule has 0 amide bonds. The number of aromatic nitrogens is 3. The number of rotatable bonds is 11. The first-order valence-corrected chi connectivity index (χ1v) is 14.1. The van der Waals surface area contributed by atoms with E-state index < -0.39 is 5.97 Å². The Morgan fingerprint density at radius 1 is 1.24 bits per heavy atom. The summed E-state index contributed by atoms with van der Waals surface area (Å²) >= 11 is 3.41. The highest BCUT2D eigenvalue weighted by atomic mass is 32.1. The molecule has 2 aliphatic rings. The molecule has 1 fully saturated rings. The van der Waals surface area contributed by atoms with Crippen LogP contribution in [0.3, 0.4) is 0 Å². The van der Waals surface area contributed by atoms with E-state index in [4.69, 9.17) is 9.97 Å². The number of fused-ring (bicyclic) bond motifs is 1. The van der Waals surface area contributed by atoms with Gasteiger partial charge in [0.2, 0.25) is 0 Å². The fourth-order valence-corrected chi connectivity index (χ4v) is 7.02. The first-order valence-electron chi connectivity index (χ1n) is 12.4. The number of nitrogens with zero attached hydrogens (tertiary/aromatic N) is 3. The van der Waals surface area contributed by atoms with Gasteiger partial charge in [-0.15, -0.1) is 22.7 Å². The minimum Gasteiger partial charge on any atom is -0.481 e. The summed E-state index contributed by atoms with van der Waals surface area (Å²) in [7, 11) is 0. The highest BCUT2D eigenvalue weighted by Crippen LogP contribution is 2.46. The van der Waals surface area contributed by atoms with Crippen molar-refractivity contribution in [2.24, 2.45) is 0 Å². The van der Waals surface area contributed by atoms with E-state index in [2.05, 4.69) is 34.7 Å². The lowest BCUT2D eigenvalue weighted by molar-refractivity contribution is -0.137. The SMILES string of the molecule is CCC(c1csc(CCCc2ccc3c(n2)NCCC3)n1)C(CC(=O)O)c1cnc(C2CC2)s1. The van der Waals surface area contributed by atoms with Crippen molar-refractivity contribution in [3.63, 3.8) is 0 Å². The van der Waals surface area contributed by atoms with Crippen LogP contribution in [0, 0.1) is 0 Å². The maximum absolute atomic E-state index is 11.7. The highest BCUT2D eigenvalue weighted by Gasteiger charge is 2.32. The van der Waals surface area contributed by atoms with Crippen LogP contribution in [0.5, 0.6) is 0 Å². The predicted octanol–water partition coefficient (Wildman–Crippen LogP) is 6.16. The molecule has 3 aromatic rings. The summed E-state index contributed by atoms with van der Waals surface area (Å²) in [6.45, 7) is 3.15. The molecule has 8 heteroatoms. The van der Waals surface area contributed by atoms with E-state index in [-0.39, 0.29) is 18.3 Å². The smallest absolute Gasteiger partial charge is 0.304 e. The molecule has 4 heterocycles. The molecule has 1 saturated carbocycles. The van der Waals surface area contributed by atoms with Crippen molar-refractivity contribution in [2.75, 3.05) is 11.9 Å². The molecule has 6 nitrogen and oxygen atoms in total. The summed E-state index contributed by atoms with van der Waals surface area (Å²) in [4.78, 5) is 27.2. The Bertz CT molecular complexity index is 1140. The largest absolute Gasteiger partial charge is 0.481 e. The van der Waals surface area contributed by atoms with E-state index in [1.165, 1.54) is 29.8 Å². The average molecular weight is 497 g/mol. The standard InChI is InChI=1S/C26H32N4O2S2/c1-2-19(20(13-24(31)32)22-14-28-26(34-22)17-8-9-17)21-15-33-23(30-21)7-3-6-18-11-10-16-5-4-12-27-25(16)29-18/h10-11,14-15,17,19-20H,2-9,12-13H2,1H3,(H,27,29)(H,31,32). The topological polar surface area (TPSA) is 88.0 Å². The number of thiazole rings is 2. The zero-order chi connectivity index (χ0) is 23.5. The number of hydrogen-bond acceptors (Lipinski definition) is 7. The van der Waals surface area contributed by atoms with Crippen LogP contribution in [0.1, 0.15) is 95.0 Å². The second-order valence-electron chi connectivity index (χ2n) is 9.45. The van der Waals surface area contributed by atoms with Crippen LogP contribution in [0.4, 0.5) is 5.82 Å². The second-order valence-corrected chi connectivity index (χ2v) is 11.5. The number of carboxylic acid groups (broad SMARTS) is 1. The van der Waals surface area contributed by atoms with Gasteiger partial charge in [0.25, 0.3) is 0 Å². The lowest BCUT2D eigenvalue weighted by atomic mass is 9.84. The van der Waals surface area contributed by atoms with Crippen molar-refractivity contribution in [1.82, 2.24) is 15.0 Å². The maximum Gasteiger partial charge on any atom is 0.304 e. The van der Waals surface area contributed by atoms with Crippen LogP contribution in [0.2, 0.25) is 0 Å². The molecule has 2 unspecified atom stereocenters. The summed E-state index contributed by atoms with van der Waals surface area (Å²) in [5.74, 6) is 0.919. The first kappa shape index (κ1) is 23.4. The quantitative estimate of drug-likeness (QED) is 0.331. The summed E-state index contributed by atoms with van der Waals surface area (Å²) in [6.07, 6.45) is 10.5. The van der Waals surface area contributed by atoms with Crippen LogP contribution >= 0.6 is 22.7 Å². The van der Waals surface area contributed by atoms with Crippen LogP contribution in [0.25, 0.3) is 0 Å². The molecule has 0 radical (unpaired) electrons. The van der Waals surface area contributed by atoms with Gasteiger partial charge < -0.3 is 10.4 Å². The normalized spacial score (nSPS) is 17.1. The molecule has 0 aromatic carbocycles. The van der Waals surface area contributed by atoms with E-state index in [0.717, 1.165) is 65.7 Å². The van der Waals surface area contributed by atoms with Gasteiger partial charge in [0, 0.05) is 46.4 Å². The Kier molecular flexibility index (Phi) is 7.25. The minimum absolute atomic E-state index is 0.0744. The third-order valence-corrected chi connectivity index (χ3v) is 9.10. The molecule has 180 valence electrons. The fraction of sp³-hybridized carbons (Fsp3) is 0.538. The van der Waals surface area contributed by atoms with Gasteiger partial charge >= 0.3 is 5.97 Å². The van der Waals surface area contributed by atoms with Gasteiger partial charge in [-0.3, -0.25) is 4.79 Å². The van der Waals surface area contributed by atoms with Crippen molar-refractivity contribution in [3.05, 3.63) is 55.6 Å². The Morgan fingerprint density at radius 2 is 2.12 bits per heavy atom. The monoisotopic (exact) mass is 496 g/mol. The molecular formula is C26H32N4O2S2. The van der Waals surface area contributed by atoms with Gasteiger partial charge in [-0.25, -0.2) is 15.0 Å². The minimum atomic E-state index is -0.757. The molecule has 2 N–H and O–H groups in total. The fourth-order valence-electron chi connectivity index (χ4n) is 4.86. The van der Waals surface area contributed by atoms with E-state index in [0.29, 0.717) is 5.92 Å². The number of carboxylic acids is 1. The third-order valence-electron chi connectivity index (χ3n) is 6.88. The first-order chi connectivity index (χ1) is 16.6. The number of carbonyl (C=O) groups is 1. The Morgan fingerprint density at radius 3 is 2.91 bits per heavy atom. The number of aliphatic carboxylic acids is 1. The predicted molar refractivity (Wildman–Crippen MR) is 137 cm³/mol. The molecule has 34 heavy (non-hydrogen) atoms. The Balaban J connectivity index is 1.24. The van der Waals surface area contributed by atoms with E-state index in [1.807, 2.05) is 6.20 Å². The number of hydrogen-bond donors (Lipinski definition) is 2. The summed E-state index contributed by atoms with van der Waals surface area (Å²) in [5, 5.41) is 17.5. The molecule has 5 rings (SSSR count). The van der Waals surface area contributed by atoms with E-state index in [9.17, 15) is 9.90 Å². The van der Waals surface area contributed by atoms with Gasteiger partial charge in [0.15, 0.2) is 0 Å². The second kappa shape index (κ2) is 10.5. The number of nitrogens with one attached hydrogen (secondary N) is 1. The number of anilines is 1. The van der Waals surface area contributed by atoms with Crippen LogP contribution in [0.15, 0.2) is 23.7 Å². The van der Waals surface area contributed by atoms with Crippen molar-refractivity contribution in [1.29, 1.82) is 0 Å². The van der Waals surface area contributed by atoms with Gasteiger partial charge in [0.05, 0.1) is 22.1 Å². The van der Waals surface area contributed by atoms with Gasteiger partial charge in [0.1, 0.15) is 5.82 Å². The molecule has 0 saturated heterocycles. The third kappa shape index (κ3) is 5.49. The molecule has 0 bridgehead atoms. The van der Waals surface area contributed by atoms with Crippen molar-refractivity contribution >= 4 is 34.5 Å². The van der Waals surface area contributed by atoms with Gasteiger partial charge in [-0.1, -0.05) is 13.0 Å². The van der Waals surface area contributed by atoms with Crippen molar-refractivity contribution in [2.45, 2.75) is 82.5 Å². The lowest BCUT2D eigenvalue weighted by Crippen LogP contribution is -2.14. The lowest BCUT2D eigenvalue weighted by Gasteiger charge is -2.22. The molecule has 3 aromatic heterocycles. The zero-order valence-corrected chi connectivity index (χ0v) is 21.3. The van der Waals surface area contributed by atoms with Gasteiger partial charge in [-0.2, -0.15) is 0 Å². The van der Waals surface area contributed by atoms with Crippen LogP contribution < -0.4 is 5.32 Å². The Labute approximate surface area is 208 Å². The zero-order valence-electron chi connectivity index (χ0n) is 19.6. The molecule has 2 atom stereocenters. The molecule has 1 aliphatic heterocycles. The van der Waals surface area contributed by atoms with Gasteiger partial charge in [-0.05, 0) is 63.0 Å². The summed E-state index contributed by atoms with van der Waals surface area (Å²) in [6, 6.07) is 4.38. The summed E-state index contributed by atoms with van der Waals surface area (Å²) in [5.41, 5.74) is 3.49. The average Bonchev–Trinajstić information content (AvgIpc) is 3.38. The molecule has 0 spiro atoms. The van der Waals surface area contributed by atoms with Crippen LogP contribution in [-0.2, 0) is 24.1 Å². The number of aryl methyl sites for hydroxylation is 3. The van der Waals surface area contributed by atoms with E-state index >= 15 is 0 Å². The van der Waals surface area contributed by atoms with E-state index in [1.54, 1.807) is 22.7 Å². The van der Waals surface area contributed by atoms with Crippen molar-refractivity contribution in [3.8, 4) is 0 Å². The molecule has 1 aliphatic carbocycles. The summed E-state index contributed by atoms with van der Waals surface area (Å²) < 4.78 is 0. The van der Waals surface area contributed by atoms with Crippen molar-refractivity contribution < 1.29 is 9.90 Å². The van der Waals surface area contributed by atoms with Crippen LogP contribution in [-0.4, -0.2) is 32.6 Å². The Hall–Kier alpha value is -2.32. The maximum atomic E-state index is 11.7.